The van der Waals surface area contributed by atoms with Gasteiger partial charge in [-0.25, -0.2) is 0 Å². The Kier molecular flexibility index (Phi) is 4.73. The first-order valence-corrected chi connectivity index (χ1v) is 6.73. The van der Waals surface area contributed by atoms with Gasteiger partial charge in [0.25, 0.3) is 0 Å². The van der Waals surface area contributed by atoms with E-state index in [4.69, 9.17) is 5.73 Å². The highest BCUT2D eigenvalue weighted by atomic mass is 15.1. The summed E-state index contributed by atoms with van der Waals surface area (Å²) in [6.45, 7) is 6.09. The van der Waals surface area contributed by atoms with Crippen LogP contribution in [0.1, 0.15) is 12.5 Å². The van der Waals surface area contributed by atoms with Crippen LogP contribution in [0.5, 0.6) is 0 Å². The minimum Gasteiger partial charge on any atom is -0.329 e. The van der Waals surface area contributed by atoms with Gasteiger partial charge in [-0.15, -0.1) is 0 Å². The molecule has 96 valence electrons. The van der Waals surface area contributed by atoms with E-state index in [1.165, 1.54) is 16.3 Å². The van der Waals surface area contributed by atoms with E-state index in [1.54, 1.807) is 0 Å². The minimum atomic E-state index is 0.742. The maximum Gasteiger partial charge on any atom is 0.0105 e. The summed E-state index contributed by atoms with van der Waals surface area (Å²) in [5, 5.41) is 2.65. The Balaban J connectivity index is 2.03. The Bertz CT molecular complexity index is 493. The van der Waals surface area contributed by atoms with Crippen LogP contribution in [0.3, 0.4) is 0 Å². The van der Waals surface area contributed by atoms with Gasteiger partial charge in [-0.05, 0) is 29.3 Å². The monoisotopic (exact) mass is 242 g/mol. The molecule has 2 aromatic rings. The van der Waals surface area contributed by atoms with Crippen LogP contribution in [0.25, 0.3) is 10.8 Å². The lowest BCUT2D eigenvalue weighted by Gasteiger charge is -2.19. The zero-order valence-corrected chi connectivity index (χ0v) is 11.1. The fourth-order valence-electron chi connectivity index (χ4n) is 2.29. The SMILES string of the molecule is CCN(CCN)CCc1ccc2ccccc2c1. The molecule has 18 heavy (non-hydrogen) atoms. The van der Waals surface area contributed by atoms with Crippen molar-refractivity contribution in [3.05, 3.63) is 48.0 Å². The standard InChI is InChI=1S/C16H22N2/c1-2-18(12-10-17)11-9-14-7-8-15-5-3-4-6-16(15)13-14/h3-8,13H,2,9-12,17H2,1H3. The van der Waals surface area contributed by atoms with Crippen LogP contribution >= 0.6 is 0 Å². The Morgan fingerprint density at radius 2 is 1.78 bits per heavy atom. The smallest absolute Gasteiger partial charge is 0.0105 e. The number of fused-ring (bicyclic) bond motifs is 1. The molecule has 2 N–H and O–H groups in total. The van der Waals surface area contributed by atoms with Crippen molar-refractivity contribution in [1.82, 2.24) is 4.90 Å². The molecular formula is C16H22N2. The number of nitrogens with zero attached hydrogens (tertiary/aromatic N) is 1. The molecule has 0 aliphatic rings. The fourth-order valence-corrected chi connectivity index (χ4v) is 2.29. The van der Waals surface area contributed by atoms with Gasteiger partial charge < -0.3 is 10.6 Å². The van der Waals surface area contributed by atoms with Gasteiger partial charge in [-0.3, -0.25) is 0 Å². The number of nitrogens with two attached hydrogens (primary N) is 1. The summed E-state index contributed by atoms with van der Waals surface area (Å²) in [7, 11) is 0. The second-order valence-electron chi connectivity index (χ2n) is 4.65. The molecule has 0 aliphatic carbocycles. The van der Waals surface area contributed by atoms with Crippen LogP contribution in [0, 0.1) is 0 Å². The van der Waals surface area contributed by atoms with Crippen LogP contribution < -0.4 is 5.73 Å². The Morgan fingerprint density at radius 3 is 2.50 bits per heavy atom. The highest BCUT2D eigenvalue weighted by Gasteiger charge is 2.02. The molecular weight excluding hydrogens is 220 g/mol. The first-order chi connectivity index (χ1) is 8.83. The van der Waals surface area contributed by atoms with E-state index < -0.39 is 0 Å². The van der Waals surface area contributed by atoms with Gasteiger partial charge in [0.15, 0.2) is 0 Å². The largest absolute Gasteiger partial charge is 0.329 e. The molecule has 2 nitrogen and oxygen atoms in total. The van der Waals surface area contributed by atoms with Crippen molar-refractivity contribution < 1.29 is 0 Å². The second kappa shape index (κ2) is 6.53. The summed E-state index contributed by atoms with van der Waals surface area (Å²) in [4.78, 5) is 2.40. The Morgan fingerprint density at radius 1 is 1.00 bits per heavy atom. The third-order valence-electron chi connectivity index (χ3n) is 3.42. The first kappa shape index (κ1) is 13.1. The number of likely N-dealkylation sites (N-methyl/N-ethyl adjacent to an activating group) is 1. The maximum absolute atomic E-state index is 5.61. The lowest BCUT2D eigenvalue weighted by Crippen LogP contribution is -2.31. The van der Waals surface area contributed by atoms with Gasteiger partial charge in [0.1, 0.15) is 0 Å². The van der Waals surface area contributed by atoms with E-state index in [0.717, 1.165) is 32.6 Å². The minimum absolute atomic E-state index is 0.742. The highest BCUT2D eigenvalue weighted by Crippen LogP contribution is 2.16. The predicted molar refractivity (Wildman–Crippen MR) is 78.8 cm³/mol. The van der Waals surface area contributed by atoms with Crippen molar-refractivity contribution in [1.29, 1.82) is 0 Å². The highest BCUT2D eigenvalue weighted by molar-refractivity contribution is 5.82. The normalized spacial score (nSPS) is 11.3. The first-order valence-electron chi connectivity index (χ1n) is 6.73. The van der Waals surface area contributed by atoms with Crippen molar-refractivity contribution in [2.24, 2.45) is 5.73 Å². The van der Waals surface area contributed by atoms with Crippen molar-refractivity contribution >= 4 is 10.8 Å². The average Bonchev–Trinajstić information content (AvgIpc) is 2.43. The summed E-state index contributed by atoms with van der Waals surface area (Å²) < 4.78 is 0. The third kappa shape index (κ3) is 3.31. The molecule has 0 atom stereocenters. The molecule has 2 rings (SSSR count). The topological polar surface area (TPSA) is 29.3 Å². The van der Waals surface area contributed by atoms with Gasteiger partial charge in [-0.2, -0.15) is 0 Å². The molecule has 0 saturated heterocycles. The quantitative estimate of drug-likeness (QED) is 0.844. The molecule has 2 heteroatoms. The molecule has 0 saturated carbocycles. The van der Waals surface area contributed by atoms with Gasteiger partial charge in [-0.1, -0.05) is 49.4 Å². The predicted octanol–water partition coefficient (Wildman–Crippen LogP) is 2.66. The Hall–Kier alpha value is -1.38. The molecule has 0 spiro atoms. The van der Waals surface area contributed by atoms with Gasteiger partial charge in [0.2, 0.25) is 0 Å². The molecule has 0 aromatic heterocycles. The summed E-state index contributed by atoms with van der Waals surface area (Å²) in [5.74, 6) is 0. The van der Waals surface area contributed by atoms with E-state index in [9.17, 15) is 0 Å². The summed E-state index contributed by atoms with van der Waals surface area (Å²) >= 11 is 0. The van der Waals surface area contributed by atoms with Gasteiger partial charge >= 0.3 is 0 Å². The number of hydrogen-bond donors (Lipinski definition) is 1. The maximum atomic E-state index is 5.61. The van der Waals surface area contributed by atoms with Crippen LogP contribution in [0.4, 0.5) is 0 Å². The van der Waals surface area contributed by atoms with E-state index in [0.29, 0.717) is 0 Å². The van der Waals surface area contributed by atoms with Crippen molar-refractivity contribution in [3.63, 3.8) is 0 Å². The van der Waals surface area contributed by atoms with Crippen molar-refractivity contribution in [3.8, 4) is 0 Å². The van der Waals surface area contributed by atoms with Crippen LogP contribution in [-0.2, 0) is 6.42 Å². The van der Waals surface area contributed by atoms with Gasteiger partial charge in [0, 0.05) is 19.6 Å². The van der Waals surface area contributed by atoms with Crippen LogP contribution in [-0.4, -0.2) is 31.1 Å². The number of benzene rings is 2. The number of hydrogen-bond acceptors (Lipinski definition) is 2. The molecule has 0 heterocycles. The second-order valence-corrected chi connectivity index (χ2v) is 4.65. The third-order valence-corrected chi connectivity index (χ3v) is 3.42. The Labute approximate surface area is 109 Å². The molecule has 2 aromatic carbocycles. The van der Waals surface area contributed by atoms with Gasteiger partial charge in [0.05, 0.1) is 0 Å². The fraction of sp³-hybridized carbons (Fsp3) is 0.375. The van der Waals surface area contributed by atoms with Crippen LogP contribution in [0.2, 0.25) is 0 Å². The van der Waals surface area contributed by atoms with E-state index in [-0.39, 0.29) is 0 Å². The summed E-state index contributed by atoms with van der Waals surface area (Å²) in [6, 6.07) is 15.3. The summed E-state index contributed by atoms with van der Waals surface area (Å²) in [5.41, 5.74) is 7.01. The zero-order valence-electron chi connectivity index (χ0n) is 11.1. The molecule has 0 amide bonds. The van der Waals surface area contributed by atoms with Crippen molar-refractivity contribution in [2.75, 3.05) is 26.2 Å². The lowest BCUT2D eigenvalue weighted by molar-refractivity contribution is 0.300. The van der Waals surface area contributed by atoms with E-state index >= 15 is 0 Å². The average molecular weight is 242 g/mol. The summed E-state index contributed by atoms with van der Waals surface area (Å²) in [6.07, 6.45) is 1.10. The van der Waals surface area contributed by atoms with E-state index in [2.05, 4.69) is 54.3 Å². The molecule has 0 radical (unpaired) electrons. The van der Waals surface area contributed by atoms with Crippen molar-refractivity contribution in [2.45, 2.75) is 13.3 Å². The zero-order chi connectivity index (χ0) is 12.8. The molecule has 0 fully saturated rings. The van der Waals surface area contributed by atoms with Crippen LogP contribution in [0.15, 0.2) is 42.5 Å². The molecule has 0 bridgehead atoms. The number of rotatable bonds is 6. The molecule has 0 unspecified atom stereocenters. The lowest BCUT2D eigenvalue weighted by atomic mass is 10.1. The van der Waals surface area contributed by atoms with E-state index in [1.807, 2.05) is 0 Å². The molecule has 0 aliphatic heterocycles.